The van der Waals surface area contributed by atoms with Crippen LogP contribution in [0, 0.1) is 17.6 Å². The summed E-state index contributed by atoms with van der Waals surface area (Å²) in [6.07, 6.45) is 0. The van der Waals surface area contributed by atoms with Gasteiger partial charge in [-0.3, -0.25) is 4.79 Å². The first kappa shape index (κ1) is 12.8. The third-order valence-electron chi connectivity index (χ3n) is 3.16. The van der Waals surface area contributed by atoms with Gasteiger partial charge in [0.05, 0.1) is 11.0 Å². The summed E-state index contributed by atoms with van der Waals surface area (Å²) in [6.45, 7) is 5.93. The van der Waals surface area contributed by atoms with Gasteiger partial charge in [-0.2, -0.15) is 0 Å². The zero-order valence-corrected chi connectivity index (χ0v) is 11.5. The Morgan fingerprint density at radius 2 is 2.11 bits per heavy atom. The van der Waals surface area contributed by atoms with Crippen molar-refractivity contribution < 1.29 is 4.79 Å². The lowest BCUT2D eigenvalue weighted by Crippen LogP contribution is -2.30. The van der Waals surface area contributed by atoms with Crippen LogP contribution in [-0.4, -0.2) is 15.5 Å². The summed E-state index contributed by atoms with van der Waals surface area (Å²) in [5.41, 5.74) is 8.50. The van der Waals surface area contributed by atoms with Crippen LogP contribution in [-0.2, 0) is 4.79 Å². The molecule has 2 rings (SSSR count). The van der Waals surface area contributed by atoms with Gasteiger partial charge in [-0.25, -0.2) is 0 Å². The number of carbonyl (C=O) groups is 1. The second kappa shape index (κ2) is 4.57. The number of H-pyrrole nitrogens is 1. The van der Waals surface area contributed by atoms with Gasteiger partial charge in [0.1, 0.15) is 6.04 Å². The van der Waals surface area contributed by atoms with Gasteiger partial charge in [0.15, 0.2) is 4.77 Å². The number of primary amides is 1. The molecule has 0 fully saturated rings. The summed E-state index contributed by atoms with van der Waals surface area (Å²) in [7, 11) is 0. The normalized spacial score (nSPS) is 13.1. The second-order valence-corrected chi connectivity index (χ2v) is 5.25. The van der Waals surface area contributed by atoms with Gasteiger partial charge in [0, 0.05) is 0 Å². The highest BCUT2D eigenvalue weighted by Gasteiger charge is 2.24. The zero-order chi connectivity index (χ0) is 13.4. The lowest BCUT2D eigenvalue weighted by Gasteiger charge is -2.19. The highest BCUT2D eigenvalue weighted by atomic mass is 32.1. The molecule has 0 bridgehead atoms. The Morgan fingerprint density at radius 3 is 2.67 bits per heavy atom. The molecule has 1 aromatic heterocycles. The monoisotopic (exact) mass is 263 g/mol. The average Bonchev–Trinajstić information content (AvgIpc) is 2.57. The molecule has 0 saturated carbocycles. The molecule has 0 aliphatic rings. The Kier molecular flexibility index (Phi) is 3.26. The summed E-state index contributed by atoms with van der Waals surface area (Å²) in [6, 6.07) is 5.49. The predicted octanol–water partition coefficient (Wildman–Crippen LogP) is 2.69. The average molecular weight is 263 g/mol. The number of aromatic nitrogens is 2. The first-order valence-electron chi connectivity index (χ1n) is 5.92. The molecule has 5 heteroatoms. The summed E-state index contributed by atoms with van der Waals surface area (Å²) in [4.78, 5) is 14.8. The van der Waals surface area contributed by atoms with E-state index in [1.165, 1.54) is 0 Å². The Morgan fingerprint density at radius 1 is 1.44 bits per heavy atom. The largest absolute Gasteiger partial charge is 0.368 e. The molecule has 3 N–H and O–H groups in total. The lowest BCUT2D eigenvalue weighted by atomic mass is 10.0. The van der Waals surface area contributed by atoms with Crippen molar-refractivity contribution in [3.63, 3.8) is 0 Å². The van der Waals surface area contributed by atoms with Crippen molar-refractivity contribution in [3.05, 3.63) is 28.5 Å². The number of aromatic amines is 1. The number of amides is 1. The van der Waals surface area contributed by atoms with Crippen molar-refractivity contribution in [1.29, 1.82) is 0 Å². The summed E-state index contributed by atoms with van der Waals surface area (Å²) in [5, 5.41) is 0. The van der Waals surface area contributed by atoms with Crippen molar-refractivity contribution in [1.82, 2.24) is 9.55 Å². The predicted molar refractivity (Wildman–Crippen MR) is 74.9 cm³/mol. The van der Waals surface area contributed by atoms with Crippen molar-refractivity contribution in [2.75, 3.05) is 0 Å². The van der Waals surface area contributed by atoms with Gasteiger partial charge >= 0.3 is 0 Å². The highest BCUT2D eigenvalue weighted by Crippen LogP contribution is 2.25. The minimum absolute atomic E-state index is 0.0914. The Labute approximate surface area is 111 Å². The van der Waals surface area contributed by atoms with Crippen LogP contribution >= 0.6 is 12.2 Å². The highest BCUT2D eigenvalue weighted by molar-refractivity contribution is 7.71. The molecule has 1 amide bonds. The van der Waals surface area contributed by atoms with E-state index in [-0.39, 0.29) is 11.8 Å². The minimum Gasteiger partial charge on any atom is -0.368 e. The topological polar surface area (TPSA) is 63.8 Å². The maximum atomic E-state index is 11.7. The van der Waals surface area contributed by atoms with E-state index in [1.54, 1.807) is 0 Å². The standard InChI is InChI=1S/C13H17N3OS/c1-7(2)11(12(14)17)16-9-6-4-5-8(3)10(9)15-13(16)18/h4-7,11H,1-3H3,(H2,14,17)(H,15,18). The van der Waals surface area contributed by atoms with Crippen LogP contribution < -0.4 is 5.73 Å². The molecule has 0 aliphatic heterocycles. The number of hydrogen-bond donors (Lipinski definition) is 2. The molecule has 0 spiro atoms. The molecule has 0 aliphatic carbocycles. The molecule has 1 atom stereocenters. The van der Waals surface area contributed by atoms with E-state index in [0.29, 0.717) is 4.77 Å². The number of fused-ring (bicyclic) bond motifs is 1. The minimum atomic E-state index is -0.423. The van der Waals surface area contributed by atoms with Crippen molar-refractivity contribution in [2.24, 2.45) is 11.7 Å². The third kappa shape index (κ3) is 1.95. The van der Waals surface area contributed by atoms with Gasteiger partial charge < -0.3 is 15.3 Å². The smallest absolute Gasteiger partial charge is 0.240 e. The fraction of sp³-hybridized carbons (Fsp3) is 0.385. The number of para-hydroxylation sites is 1. The van der Waals surface area contributed by atoms with E-state index in [9.17, 15) is 4.79 Å². The van der Waals surface area contributed by atoms with E-state index >= 15 is 0 Å². The molecule has 1 aromatic carbocycles. The number of rotatable bonds is 3. The van der Waals surface area contributed by atoms with E-state index in [2.05, 4.69) is 4.98 Å². The van der Waals surface area contributed by atoms with Crippen LogP contribution in [0.2, 0.25) is 0 Å². The molecule has 1 heterocycles. The summed E-state index contributed by atoms with van der Waals surface area (Å²) in [5.74, 6) is -0.266. The van der Waals surface area contributed by atoms with E-state index in [4.69, 9.17) is 18.0 Å². The Balaban J connectivity index is 2.78. The number of benzene rings is 1. The van der Waals surface area contributed by atoms with Crippen LogP contribution in [0.4, 0.5) is 0 Å². The number of nitrogens with zero attached hydrogens (tertiary/aromatic N) is 1. The second-order valence-electron chi connectivity index (χ2n) is 4.86. The van der Waals surface area contributed by atoms with Gasteiger partial charge in [0.25, 0.3) is 0 Å². The lowest BCUT2D eigenvalue weighted by molar-refractivity contribution is -0.122. The van der Waals surface area contributed by atoms with E-state index < -0.39 is 6.04 Å². The van der Waals surface area contributed by atoms with Crippen molar-refractivity contribution >= 4 is 29.2 Å². The van der Waals surface area contributed by atoms with Crippen LogP contribution in [0.5, 0.6) is 0 Å². The van der Waals surface area contributed by atoms with E-state index in [0.717, 1.165) is 16.6 Å². The number of hydrogen-bond acceptors (Lipinski definition) is 2. The van der Waals surface area contributed by atoms with Crippen molar-refractivity contribution in [3.8, 4) is 0 Å². The summed E-state index contributed by atoms with van der Waals surface area (Å²) >= 11 is 5.33. The van der Waals surface area contributed by atoms with Crippen LogP contribution in [0.15, 0.2) is 18.2 Å². The van der Waals surface area contributed by atoms with Crippen LogP contribution in [0.3, 0.4) is 0 Å². The van der Waals surface area contributed by atoms with Gasteiger partial charge in [-0.05, 0) is 36.7 Å². The SMILES string of the molecule is Cc1cccc2c1[nH]c(=S)n2C(C(N)=O)C(C)C. The maximum Gasteiger partial charge on any atom is 0.240 e. The van der Waals surface area contributed by atoms with Gasteiger partial charge in [-0.1, -0.05) is 26.0 Å². The van der Waals surface area contributed by atoms with Gasteiger partial charge in [-0.15, -0.1) is 0 Å². The van der Waals surface area contributed by atoms with Gasteiger partial charge in [0.2, 0.25) is 5.91 Å². The fourth-order valence-corrected chi connectivity index (χ4v) is 2.64. The molecule has 4 nitrogen and oxygen atoms in total. The molecule has 0 radical (unpaired) electrons. The fourth-order valence-electron chi connectivity index (χ4n) is 2.32. The first-order valence-corrected chi connectivity index (χ1v) is 6.33. The molecular weight excluding hydrogens is 246 g/mol. The molecule has 1 unspecified atom stereocenters. The number of nitrogens with one attached hydrogen (secondary N) is 1. The molecular formula is C13H17N3OS. The zero-order valence-electron chi connectivity index (χ0n) is 10.7. The molecule has 0 saturated heterocycles. The third-order valence-corrected chi connectivity index (χ3v) is 3.46. The van der Waals surface area contributed by atoms with Crippen LogP contribution in [0.25, 0.3) is 11.0 Å². The van der Waals surface area contributed by atoms with E-state index in [1.807, 2.05) is 43.5 Å². The Hall–Kier alpha value is -1.62. The first-order chi connectivity index (χ1) is 8.43. The quantitative estimate of drug-likeness (QED) is 0.836. The molecule has 18 heavy (non-hydrogen) atoms. The number of nitrogens with two attached hydrogens (primary N) is 1. The van der Waals surface area contributed by atoms with Crippen LogP contribution in [0.1, 0.15) is 25.5 Å². The van der Waals surface area contributed by atoms with Crippen molar-refractivity contribution in [2.45, 2.75) is 26.8 Å². The Bertz CT molecular complexity index is 654. The number of imidazole rings is 1. The molecule has 2 aromatic rings. The maximum absolute atomic E-state index is 11.7. The number of carbonyl (C=O) groups excluding carboxylic acids is 1. The number of aryl methyl sites for hydroxylation is 1. The molecule has 96 valence electrons. The summed E-state index contributed by atoms with van der Waals surface area (Å²) < 4.78 is 2.36.